The smallest absolute Gasteiger partial charge is 0.238 e. The molecular weight excluding hydrogens is 669 g/mol. The van der Waals surface area contributed by atoms with Gasteiger partial charge in [-0.25, -0.2) is 4.98 Å². The van der Waals surface area contributed by atoms with Gasteiger partial charge in [-0.15, -0.1) is 0 Å². The number of rotatable bonds is 4. The standard InChI is InChI=1S/C51H38N4/c1-50(2)41-19-11-8-16-35(41)37-27-26-34(30-43(37)50)48-52-47(33-24-22-32(23-25-33)31-14-6-5-7-15-31)53-49(54-48)55-44-21-13-10-18-38(44)40-29-28-39-36-17-9-12-20-42(36)51(3,4)45(39)46(40)55/h5-30H,1-4H3. The molecule has 0 bridgehead atoms. The molecule has 2 heterocycles. The van der Waals surface area contributed by atoms with Crippen molar-refractivity contribution < 1.29 is 0 Å². The van der Waals surface area contributed by atoms with E-state index in [0.717, 1.165) is 27.7 Å². The summed E-state index contributed by atoms with van der Waals surface area (Å²) in [6, 6.07) is 56.7. The van der Waals surface area contributed by atoms with Crippen LogP contribution in [0.5, 0.6) is 0 Å². The summed E-state index contributed by atoms with van der Waals surface area (Å²) in [5.74, 6) is 1.91. The van der Waals surface area contributed by atoms with Crippen LogP contribution in [0.4, 0.5) is 0 Å². The molecule has 0 atom stereocenters. The average molecular weight is 707 g/mol. The van der Waals surface area contributed by atoms with Gasteiger partial charge in [0.15, 0.2) is 11.6 Å². The van der Waals surface area contributed by atoms with E-state index in [-0.39, 0.29) is 10.8 Å². The summed E-state index contributed by atoms with van der Waals surface area (Å²) in [4.78, 5) is 16.1. The lowest BCUT2D eigenvalue weighted by Gasteiger charge is -2.23. The largest absolute Gasteiger partial charge is 0.277 e. The second kappa shape index (κ2) is 11.4. The van der Waals surface area contributed by atoms with Crippen molar-refractivity contribution in [3.63, 3.8) is 0 Å². The molecule has 11 rings (SSSR count). The lowest BCUT2D eigenvalue weighted by atomic mass is 9.81. The van der Waals surface area contributed by atoms with Crippen LogP contribution < -0.4 is 0 Å². The molecule has 262 valence electrons. The Labute approximate surface area is 320 Å². The molecule has 4 nitrogen and oxygen atoms in total. The summed E-state index contributed by atoms with van der Waals surface area (Å²) in [6.45, 7) is 9.33. The molecule has 0 saturated carbocycles. The summed E-state index contributed by atoms with van der Waals surface area (Å²) >= 11 is 0. The first-order valence-electron chi connectivity index (χ1n) is 19.1. The lowest BCUT2D eigenvalue weighted by molar-refractivity contribution is 0.660. The maximum Gasteiger partial charge on any atom is 0.238 e. The summed E-state index contributed by atoms with van der Waals surface area (Å²) in [7, 11) is 0. The minimum absolute atomic E-state index is 0.151. The topological polar surface area (TPSA) is 43.6 Å². The Bertz CT molecular complexity index is 3020. The fraction of sp³-hybridized carbons (Fsp3) is 0.118. The SMILES string of the molecule is CC1(C)c2ccccc2-c2ccc(-c3nc(-c4ccc(-c5ccccc5)cc4)nc(-n4c5ccccc5c5ccc6c(c54)C(C)(C)c4ccccc4-6)n3)cc21. The van der Waals surface area contributed by atoms with Gasteiger partial charge < -0.3 is 0 Å². The third-order valence-corrected chi connectivity index (χ3v) is 12.3. The monoisotopic (exact) mass is 706 g/mol. The zero-order chi connectivity index (χ0) is 37.1. The molecule has 2 aliphatic rings. The van der Waals surface area contributed by atoms with E-state index < -0.39 is 0 Å². The Balaban J connectivity index is 1.18. The Morgan fingerprint density at radius 3 is 1.71 bits per heavy atom. The van der Waals surface area contributed by atoms with Crippen LogP contribution in [-0.2, 0) is 10.8 Å². The molecule has 0 radical (unpaired) electrons. The number of hydrogen-bond acceptors (Lipinski definition) is 3. The predicted molar refractivity (Wildman–Crippen MR) is 226 cm³/mol. The van der Waals surface area contributed by atoms with Gasteiger partial charge in [0, 0.05) is 32.7 Å². The van der Waals surface area contributed by atoms with Crippen molar-refractivity contribution in [1.82, 2.24) is 19.5 Å². The highest BCUT2D eigenvalue weighted by Crippen LogP contribution is 2.53. The van der Waals surface area contributed by atoms with E-state index in [2.05, 4.69) is 184 Å². The summed E-state index contributed by atoms with van der Waals surface area (Å²) < 4.78 is 2.30. The lowest BCUT2D eigenvalue weighted by Crippen LogP contribution is -2.17. The molecule has 0 spiro atoms. The molecule has 0 saturated heterocycles. The van der Waals surface area contributed by atoms with E-state index in [9.17, 15) is 0 Å². The fourth-order valence-electron chi connectivity index (χ4n) is 9.53. The van der Waals surface area contributed by atoms with Crippen molar-refractivity contribution in [2.45, 2.75) is 38.5 Å². The highest BCUT2D eigenvalue weighted by Gasteiger charge is 2.39. The van der Waals surface area contributed by atoms with Crippen molar-refractivity contribution in [3.8, 4) is 62.1 Å². The number of para-hydroxylation sites is 1. The van der Waals surface area contributed by atoms with E-state index >= 15 is 0 Å². The fourth-order valence-corrected chi connectivity index (χ4v) is 9.53. The van der Waals surface area contributed by atoms with Gasteiger partial charge in [-0.05, 0) is 67.8 Å². The molecule has 0 aliphatic heterocycles. The van der Waals surface area contributed by atoms with Gasteiger partial charge in [-0.1, -0.05) is 173 Å². The number of fused-ring (bicyclic) bond motifs is 10. The molecule has 55 heavy (non-hydrogen) atoms. The van der Waals surface area contributed by atoms with Crippen LogP contribution in [0, 0.1) is 0 Å². The maximum absolute atomic E-state index is 5.42. The van der Waals surface area contributed by atoms with Crippen LogP contribution in [-0.4, -0.2) is 19.5 Å². The molecule has 2 aromatic heterocycles. The average Bonchev–Trinajstić information content (AvgIpc) is 3.78. The second-order valence-electron chi connectivity index (χ2n) is 16.1. The van der Waals surface area contributed by atoms with Gasteiger partial charge in [0.2, 0.25) is 5.95 Å². The first-order valence-corrected chi connectivity index (χ1v) is 19.1. The van der Waals surface area contributed by atoms with Crippen LogP contribution in [0.15, 0.2) is 158 Å². The van der Waals surface area contributed by atoms with Gasteiger partial charge in [0.25, 0.3) is 0 Å². The minimum Gasteiger partial charge on any atom is -0.277 e. The van der Waals surface area contributed by atoms with Crippen molar-refractivity contribution >= 4 is 21.8 Å². The van der Waals surface area contributed by atoms with Crippen molar-refractivity contribution in [2.75, 3.05) is 0 Å². The third-order valence-electron chi connectivity index (χ3n) is 12.3. The number of benzene rings is 7. The molecular formula is C51H38N4. The highest BCUT2D eigenvalue weighted by molar-refractivity contribution is 6.13. The quantitative estimate of drug-likeness (QED) is 0.183. The van der Waals surface area contributed by atoms with E-state index in [1.165, 1.54) is 60.8 Å². The van der Waals surface area contributed by atoms with Gasteiger partial charge in [-0.3, -0.25) is 4.57 Å². The number of aromatic nitrogens is 4. The van der Waals surface area contributed by atoms with Crippen LogP contribution >= 0.6 is 0 Å². The maximum atomic E-state index is 5.42. The van der Waals surface area contributed by atoms with Gasteiger partial charge in [-0.2, -0.15) is 9.97 Å². The highest BCUT2D eigenvalue weighted by atomic mass is 15.2. The van der Waals surface area contributed by atoms with Gasteiger partial charge in [0.1, 0.15) is 0 Å². The first kappa shape index (κ1) is 31.8. The molecule has 2 aliphatic carbocycles. The van der Waals surface area contributed by atoms with E-state index in [1.807, 2.05) is 6.07 Å². The molecule has 0 N–H and O–H groups in total. The molecule has 4 heteroatoms. The summed E-state index contributed by atoms with van der Waals surface area (Å²) in [5.41, 5.74) is 16.5. The van der Waals surface area contributed by atoms with Crippen molar-refractivity contribution in [2.24, 2.45) is 0 Å². The first-order chi connectivity index (χ1) is 26.8. The van der Waals surface area contributed by atoms with Crippen molar-refractivity contribution in [3.05, 3.63) is 180 Å². The van der Waals surface area contributed by atoms with Crippen LogP contribution in [0.1, 0.15) is 49.9 Å². The van der Waals surface area contributed by atoms with Gasteiger partial charge >= 0.3 is 0 Å². The summed E-state index contributed by atoms with van der Waals surface area (Å²) in [6.07, 6.45) is 0. The molecule has 9 aromatic rings. The Hall–Kier alpha value is -6.65. The number of nitrogens with zero attached hydrogens (tertiary/aromatic N) is 4. The van der Waals surface area contributed by atoms with E-state index in [0.29, 0.717) is 17.6 Å². The Morgan fingerprint density at radius 1 is 0.400 bits per heavy atom. The van der Waals surface area contributed by atoms with E-state index in [4.69, 9.17) is 15.0 Å². The molecule has 0 fully saturated rings. The van der Waals surface area contributed by atoms with Crippen LogP contribution in [0.25, 0.3) is 83.9 Å². The zero-order valence-corrected chi connectivity index (χ0v) is 31.3. The Kier molecular flexibility index (Phi) is 6.61. The van der Waals surface area contributed by atoms with Crippen LogP contribution in [0.3, 0.4) is 0 Å². The molecule has 7 aromatic carbocycles. The normalized spacial score (nSPS) is 14.5. The third kappa shape index (κ3) is 4.55. The van der Waals surface area contributed by atoms with Gasteiger partial charge in [0.05, 0.1) is 11.0 Å². The summed E-state index contributed by atoms with van der Waals surface area (Å²) in [5, 5.41) is 2.38. The number of hydrogen-bond donors (Lipinski definition) is 0. The Morgan fingerprint density at radius 2 is 0.945 bits per heavy atom. The minimum atomic E-state index is -0.232. The van der Waals surface area contributed by atoms with Crippen LogP contribution in [0.2, 0.25) is 0 Å². The molecule has 0 amide bonds. The van der Waals surface area contributed by atoms with E-state index in [1.54, 1.807) is 0 Å². The predicted octanol–water partition coefficient (Wildman–Crippen LogP) is 12.6. The second-order valence-corrected chi connectivity index (χ2v) is 16.1. The zero-order valence-electron chi connectivity index (χ0n) is 31.3. The molecule has 0 unspecified atom stereocenters. The van der Waals surface area contributed by atoms with Crippen molar-refractivity contribution in [1.29, 1.82) is 0 Å².